The van der Waals surface area contributed by atoms with Crippen LogP contribution in [0, 0.1) is 6.92 Å². The van der Waals surface area contributed by atoms with E-state index < -0.39 is 6.10 Å². The number of rotatable bonds is 3. The number of hydrogen-bond acceptors (Lipinski definition) is 3. The van der Waals surface area contributed by atoms with Crippen LogP contribution in [-0.4, -0.2) is 12.0 Å². The molecule has 1 rings (SSSR count). The molecule has 0 saturated carbocycles. The highest BCUT2D eigenvalue weighted by atomic mass is 35.5. The number of hydrazine groups is 1. The molecule has 1 aromatic rings. The number of halogens is 1. The van der Waals surface area contributed by atoms with Gasteiger partial charge in [-0.25, -0.2) is 5.84 Å². The number of benzene rings is 1. The van der Waals surface area contributed by atoms with Crippen LogP contribution in [0.15, 0.2) is 18.2 Å². The fraction of sp³-hybridized carbons (Fsp3) is 0.300. The second kappa shape index (κ2) is 5.00. The molecule has 0 aromatic heterocycles. The maximum atomic E-state index is 11.1. The molecule has 82 valence electrons. The molecule has 0 saturated heterocycles. The SMILES string of the molecule is Cc1cc(Cl)ccc1OC(C)C(=O)NN. The highest BCUT2D eigenvalue weighted by molar-refractivity contribution is 6.30. The summed E-state index contributed by atoms with van der Waals surface area (Å²) in [5, 5.41) is 0.635. The highest BCUT2D eigenvalue weighted by Crippen LogP contribution is 2.22. The molecule has 5 heteroatoms. The zero-order valence-corrected chi connectivity index (χ0v) is 9.34. The number of hydrogen-bond donors (Lipinski definition) is 2. The first-order valence-corrected chi connectivity index (χ1v) is 4.85. The van der Waals surface area contributed by atoms with Gasteiger partial charge in [-0.05, 0) is 37.6 Å². The third-order valence-electron chi connectivity index (χ3n) is 1.95. The molecule has 0 heterocycles. The Morgan fingerprint density at radius 2 is 2.27 bits per heavy atom. The monoisotopic (exact) mass is 228 g/mol. The van der Waals surface area contributed by atoms with Crippen molar-refractivity contribution < 1.29 is 9.53 Å². The molecule has 0 aliphatic carbocycles. The predicted molar refractivity (Wildman–Crippen MR) is 58.6 cm³/mol. The number of carbonyl (C=O) groups excluding carboxylic acids is 1. The van der Waals surface area contributed by atoms with Crippen molar-refractivity contribution in [1.82, 2.24) is 5.43 Å². The number of nitrogens with one attached hydrogen (secondary N) is 1. The van der Waals surface area contributed by atoms with E-state index in [0.29, 0.717) is 10.8 Å². The second-order valence-corrected chi connectivity index (χ2v) is 3.61. The summed E-state index contributed by atoms with van der Waals surface area (Å²) in [5.41, 5.74) is 2.90. The van der Waals surface area contributed by atoms with Crippen LogP contribution >= 0.6 is 11.6 Å². The molecule has 1 atom stereocenters. The van der Waals surface area contributed by atoms with Crippen LogP contribution < -0.4 is 16.0 Å². The Labute approximate surface area is 93.3 Å². The zero-order chi connectivity index (χ0) is 11.4. The predicted octanol–water partition coefficient (Wildman–Crippen LogP) is 1.41. The van der Waals surface area contributed by atoms with Crippen molar-refractivity contribution in [2.45, 2.75) is 20.0 Å². The van der Waals surface area contributed by atoms with Crippen LogP contribution in [-0.2, 0) is 4.79 Å². The van der Waals surface area contributed by atoms with Gasteiger partial charge in [0.1, 0.15) is 5.75 Å². The summed E-state index contributed by atoms with van der Waals surface area (Å²) in [4.78, 5) is 11.1. The van der Waals surface area contributed by atoms with E-state index in [2.05, 4.69) is 0 Å². The Kier molecular flexibility index (Phi) is 3.94. The largest absolute Gasteiger partial charge is 0.481 e. The van der Waals surface area contributed by atoms with E-state index in [4.69, 9.17) is 22.2 Å². The van der Waals surface area contributed by atoms with Gasteiger partial charge >= 0.3 is 0 Å². The second-order valence-electron chi connectivity index (χ2n) is 3.18. The summed E-state index contributed by atoms with van der Waals surface area (Å²) in [6.45, 7) is 3.48. The lowest BCUT2D eigenvalue weighted by molar-refractivity contribution is -0.127. The fourth-order valence-electron chi connectivity index (χ4n) is 1.11. The molecule has 0 aliphatic rings. The molecule has 3 N–H and O–H groups in total. The molecule has 0 radical (unpaired) electrons. The van der Waals surface area contributed by atoms with Gasteiger partial charge in [-0.15, -0.1) is 0 Å². The van der Waals surface area contributed by atoms with Crippen molar-refractivity contribution in [3.8, 4) is 5.75 Å². The summed E-state index contributed by atoms with van der Waals surface area (Å²) in [6.07, 6.45) is -0.630. The molecule has 1 unspecified atom stereocenters. The van der Waals surface area contributed by atoms with Crippen molar-refractivity contribution in [3.05, 3.63) is 28.8 Å². The summed E-state index contributed by atoms with van der Waals surface area (Å²) in [5.74, 6) is 5.24. The summed E-state index contributed by atoms with van der Waals surface area (Å²) < 4.78 is 5.40. The van der Waals surface area contributed by atoms with Crippen molar-refractivity contribution in [2.24, 2.45) is 5.84 Å². The van der Waals surface area contributed by atoms with Crippen LogP contribution in [0.4, 0.5) is 0 Å². The van der Waals surface area contributed by atoms with E-state index in [1.54, 1.807) is 25.1 Å². The van der Waals surface area contributed by atoms with E-state index >= 15 is 0 Å². The van der Waals surface area contributed by atoms with Gasteiger partial charge in [0.15, 0.2) is 6.10 Å². The third-order valence-corrected chi connectivity index (χ3v) is 2.19. The fourth-order valence-corrected chi connectivity index (χ4v) is 1.33. The van der Waals surface area contributed by atoms with Crippen LogP contribution in [0.3, 0.4) is 0 Å². The quantitative estimate of drug-likeness (QED) is 0.467. The normalized spacial score (nSPS) is 12.0. The number of nitrogens with two attached hydrogens (primary N) is 1. The molecule has 1 amide bonds. The number of carbonyl (C=O) groups is 1. The molecule has 0 fully saturated rings. The van der Waals surface area contributed by atoms with Crippen molar-refractivity contribution in [1.29, 1.82) is 0 Å². The Balaban J connectivity index is 2.76. The molecule has 0 spiro atoms. The van der Waals surface area contributed by atoms with Crippen molar-refractivity contribution in [2.75, 3.05) is 0 Å². The minimum absolute atomic E-state index is 0.371. The molecule has 4 nitrogen and oxygen atoms in total. The Hall–Kier alpha value is -1.26. The highest BCUT2D eigenvalue weighted by Gasteiger charge is 2.13. The van der Waals surface area contributed by atoms with Gasteiger partial charge in [0.25, 0.3) is 5.91 Å². The minimum Gasteiger partial charge on any atom is -0.481 e. The lowest BCUT2D eigenvalue weighted by Crippen LogP contribution is -2.40. The average molecular weight is 229 g/mol. The van der Waals surface area contributed by atoms with Gasteiger partial charge in [0.05, 0.1) is 0 Å². The van der Waals surface area contributed by atoms with Gasteiger partial charge in [-0.2, -0.15) is 0 Å². The molecule has 15 heavy (non-hydrogen) atoms. The first kappa shape index (κ1) is 11.8. The smallest absolute Gasteiger partial charge is 0.274 e. The van der Waals surface area contributed by atoms with Gasteiger partial charge in [0, 0.05) is 5.02 Å². The van der Waals surface area contributed by atoms with E-state index in [-0.39, 0.29) is 5.91 Å². The lowest BCUT2D eigenvalue weighted by atomic mass is 10.2. The Morgan fingerprint density at radius 1 is 1.60 bits per heavy atom. The van der Waals surface area contributed by atoms with Crippen LogP contribution in [0.25, 0.3) is 0 Å². The van der Waals surface area contributed by atoms with Crippen molar-refractivity contribution in [3.63, 3.8) is 0 Å². The summed E-state index contributed by atoms with van der Waals surface area (Å²) in [7, 11) is 0. The first-order chi connectivity index (χ1) is 7.04. The lowest BCUT2D eigenvalue weighted by Gasteiger charge is -2.14. The molecule has 0 aliphatic heterocycles. The van der Waals surface area contributed by atoms with Gasteiger partial charge in [-0.1, -0.05) is 11.6 Å². The number of aryl methyl sites for hydroxylation is 1. The maximum Gasteiger partial charge on any atom is 0.274 e. The minimum atomic E-state index is -0.630. The van der Waals surface area contributed by atoms with E-state index in [1.807, 2.05) is 12.3 Å². The topological polar surface area (TPSA) is 64.3 Å². The number of amides is 1. The Bertz CT molecular complexity index is 368. The van der Waals surface area contributed by atoms with Gasteiger partial charge < -0.3 is 4.74 Å². The molecular weight excluding hydrogens is 216 g/mol. The van der Waals surface area contributed by atoms with Gasteiger partial charge in [0.2, 0.25) is 0 Å². The molecule has 0 bridgehead atoms. The average Bonchev–Trinajstić information content (AvgIpc) is 2.20. The van der Waals surface area contributed by atoms with Crippen LogP contribution in [0.1, 0.15) is 12.5 Å². The Morgan fingerprint density at radius 3 is 2.80 bits per heavy atom. The number of ether oxygens (including phenoxy) is 1. The van der Waals surface area contributed by atoms with Crippen LogP contribution in [0.5, 0.6) is 5.75 Å². The van der Waals surface area contributed by atoms with Gasteiger partial charge in [-0.3, -0.25) is 10.2 Å². The third kappa shape index (κ3) is 3.11. The van der Waals surface area contributed by atoms with E-state index in [1.165, 1.54) is 0 Å². The van der Waals surface area contributed by atoms with E-state index in [0.717, 1.165) is 5.56 Å². The molecule has 1 aromatic carbocycles. The zero-order valence-electron chi connectivity index (χ0n) is 8.58. The summed E-state index contributed by atoms with van der Waals surface area (Å²) >= 11 is 5.79. The maximum absolute atomic E-state index is 11.1. The standard InChI is InChI=1S/C10H13ClN2O2/c1-6-5-8(11)3-4-9(6)15-7(2)10(14)13-12/h3-5,7H,12H2,1-2H3,(H,13,14). The first-order valence-electron chi connectivity index (χ1n) is 4.48. The summed E-state index contributed by atoms with van der Waals surface area (Å²) in [6, 6.07) is 5.19. The molecular formula is C10H13ClN2O2. The van der Waals surface area contributed by atoms with Crippen molar-refractivity contribution >= 4 is 17.5 Å². The van der Waals surface area contributed by atoms with E-state index in [9.17, 15) is 4.79 Å². The van der Waals surface area contributed by atoms with Crippen LogP contribution in [0.2, 0.25) is 5.02 Å².